The standard InChI is InChI=1S/C14H21NO4.ClH/c1-4-19-14(16)7-8-15-10-11-5-6-12(17-2)13(9-11)18-3;/h5-6,9,15H,4,7-8,10H2,1-3H3;1H/p-1. The van der Waals surface area contributed by atoms with Crippen molar-refractivity contribution in [1.82, 2.24) is 5.32 Å². The molecule has 1 aromatic rings. The average Bonchev–Trinajstić information content (AvgIpc) is 2.43. The van der Waals surface area contributed by atoms with Crippen LogP contribution in [0.4, 0.5) is 0 Å². The zero-order valence-electron chi connectivity index (χ0n) is 12.1. The highest BCUT2D eigenvalue weighted by Crippen LogP contribution is 2.27. The van der Waals surface area contributed by atoms with Crippen LogP contribution >= 0.6 is 0 Å². The van der Waals surface area contributed by atoms with Crippen LogP contribution in [0.5, 0.6) is 11.5 Å². The van der Waals surface area contributed by atoms with E-state index in [-0.39, 0.29) is 18.4 Å². The van der Waals surface area contributed by atoms with Gasteiger partial charge in [-0.1, -0.05) is 6.07 Å². The maximum Gasteiger partial charge on any atom is 0.307 e. The van der Waals surface area contributed by atoms with E-state index in [0.717, 1.165) is 5.56 Å². The second-order valence-corrected chi connectivity index (χ2v) is 3.92. The summed E-state index contributed by atoms with van der Waals surface area (Å²) in [4.78, 5) is 11.1. The molecule has 0 atom stereocenters. The fourth-order valence-electron chi connectivity index (χ4n) is 1.65. The lowest BCUT2D eigenvalue weighted by molar-refractivity contribution is -0.142. The number of esters is 1. The normalized spacial score (nSPS) is 9.55. The first-order valence-electron chi connectivity index (χ1n) is 6.28. The summed E-state index contributed by atoms with van der Waals surface area (Å²) >= 11 is 0. The number of hydrogen-bond donors (Lipinski definition) is 1. The first-order chi connectivity index (χ1) is 9.21. The summed E-state index contributed by atoms with van der Waals surface area (Å²) in [5, 5.41) is 3.18. The highest BCUT2D eigenvalue weighted by Gasteiger charge is 2.05. The monoisotopic (exact) mass is 302 g/mol. The van der Waals surface area contributed by atoms with Crippen LogP contribution in [0.25, 0.3) is 0 Å². The van der Waals surface area contributed by atoms with Gasteiger partial charge >= 0.3 is 5.97 Å². The topological polar surface area (TPSA) is 56.8 Å². The molecule has 0 saturated heterocycles. The molecule has 0 spiro atoms. The van der Waals surface area contributed by atoms with Crippen molar-refractivity contribution in [3.8, 4) is 11.5 Å². The first-order valence-corrected chi connectivity index (χ1v) is 6.28. The Morgan fingerprint density at radius 2 is 1.90 bits per heavy atom. The fourth-order valence-corrected chi connectivity index (χ4v) is 1.65. The fraction of sp³-hybridized carbons (Fsp3) is 0.500. The van der Waals surface area contributed by atoms with Gasteiger partial charge in [-0.25, -0.2) is 0 Å². The molecule has 0 bridgehead atoms. The van der Waals surface area contributed by atoms with Crippen LogP contribution in [-0.4, -0.2) is 33.3 Å². The largest absolute Gasteiger partial charge is 1.00 e. The van der Waals surface area contributed by atoms with Gasteiger partial charge in [0.05, 0.1) is 27.2 Å². The van der Waals surface area contributed by atoms with E-state index in [9.17, 15) is 4.79 Å². The Balaban J connectivity index is 0.00000361. The van der Waals surface area contributed by atoms with Gasteiger partial charge in [0, 0.05) is 13.1 Å². The zero-order chi connectivity index (χ0) is 14.1. The predicted molar refractivity (Wildman–Crippen MR) is 72.5 cm³/mol. The molecule has 5 nitrogen and oxygen atoms in total. The number of benzene rings is 1. The molecule has 0 aromatic heterocycles. The van der Waals surface area contributed by atoms with E-state index in [1.807, 2.05) is 18.2 Å². The number of methoxy groups -OCH3 is 2. The van der Waals surface area contributed by atoms with Gasteiger partial charge in [-0.3, -0.25) is 4.79 Å². The SMILES string of the molecule is CCOC(=O)CCNCc1ccc(OC)c(OC)c1.[Cl-]. The third-order valence-electron chi connectivity index (χ3n) is 2.59. The number of nitrogens with one attached hydrogen (secondary N) is 1. The Morgan fingerprint density at radius 1 is 1.20 bits per heavy atom. The molecule has 1 N–H and O–H groups in total. The molecule has 0 aliphatic heterocycles. The lowest BCUT2D eigenvalue weighted by atomic mass is 10.2. The van der Waals surface area contributed by atoms with Crippen molar-refractivity contribution in [2.45, 2.75) is 19.9 Å². The number of rotatable bonds is 8. The Hall–Kier alpha value is -1.46. The van der Waals surface area contributed by atoms with Gasteiger partial charge in [0.25, 0.3) is 0 Å². The lowest BCUT2D eigenvalue weighted by Gasteiger charge is -2.10. The van der Waals surface area contributed by atoms with Crippen molar-refractivity contribution in [2.75, 3.05) is 27.4 Å². The molecule has 0 saturated carbocycles. The third kappa shape index (κ3) is 6.12. The van der Waals surface area contributed by atoms with E-state index in [2.05, 4.69) is 5.32 Å². The Bertz CT molecular complexity index is 412. The Kier molecular flexibility index (Phi) is 9.59. The molecule has 0 aliphatic rings. The highest BCUT2D eigenvalue weighted by atomic mass is 35.5. The predicted octanol–water partition coefficient (Wildman–Crippen LogP) is -1.25. The van der Waals surface area contributed by atoms with Crippen LogP contribution in [0.3, 0.4) is 0 Å². The average molecular weight is 303 g/mol. The van der Waals surface area contributed by atoms with E-state index in [1.54, 1.807) is 21.1 Å². The summed E-state index contributed by atoms with van der Waals surface area (Å²) in [6, 6.07) is 5.73. The van der Waals surface area contributed by atoms with Crippen molar-refractivity contribution in [1.29, 1.82) is 0 Å². The van der Waals surface area contributed by atoms with Crippen molar-refractivity contribution in [3.63, 3.8) is 0 Å². The molecule has 114 valence electrons. The van der Waals surface area contributed by atoms with Crippen LogP contribution in [0, 0.1) is 0 Å². The molecule has 6 heteroatoms. The maximum atomic E-state index is 11.1. The molecule has 0 fully saturated rings. The zero-order valence-corrected chi connectivity index (χ0v) is 12.8. The summed E-state index contributed by atoms with van der Waals surface area (Å²) in [6.07, 6.45) is 0.376. The van der Waals surface area contributed by atoms with Crippen molar-refractivity contribution in [3.05, 3.63) is 23.8 Å². The van der Waals surface area contributed by atoms with E-state index < -0.39 is 0 Å². The minimum absolute atomic E-state index is 0. The minimum atomic E-state index is -0.178. The molecular weight excluding hydrogens is 282 g/mol. The van der Waals surface area contributed by atoms with Crippen molar-refractivity contribution < 1.29 is 31.4 Å². The van der Waals surface area contributed by atoms with Gasteiger partial charge in [-0.05, 0) is 24.6 Å². The number of carbonyl (C=O) groups excluding carboxylic acids is 1. The summed E-state index contributed by atoms with van der Waals surface area (Å²) in [5.41, 5.74) is 1.07. The summed E-state index contributed by atoms with van der Waals surface area (Å²) < 4.78 is 15.2. The molecule has 0 amide bonds. The molecule has 20 heavy (non-hydrogen) atoms. The van der Waals surface area contributed by atoms with Gasteiger partial charge in [0.2, 0.25) is 0 Å². The van der Waals surface area contributed by atoms with Crippen LogP contribution in [-0.2, 0) is 16.1 Å². The Labute approximate surface area is 126 Å². The lowest BCUT2D eigenvalue weighted by Crippen LogP contribution is -3.00. The number of halogens is 1. The van der Waals surface area contributed by atoms with Gasteiger partial charge in [0.1, 0.15) is 0 Å². The Morgan fingerprint density at radius 3 is 2.50 bits per heavy atom. The number of hydrogen-bond acceptors (Lipinski definition) is 5. The van der Waals surface area contributed by atoms with E-state index in [0.29, 0.717) is 37.6 Å². The van der Waals surface area contributed by atoms with Crippen LogP contribution < -0.4 is 27.2 Å². The molecule has 0 aliphatic carbocycles. The summed E-state index contributed by atoms with van der Waals surface area (Å²) in [7, 11) is 3.21. The first kappa shape index (κ1) is 18.5. The van der Waals surface area contributed by atoms with Crippen LogP contribution in [0.15, 0.2) is 18.2 Å². The maximum absolute atomic E-state index is 11.1. The van der Waals surface area contributed by atoms with Gasteiger partial charge in [-0.2, -0.15) is 0 Å². The smallest absolute Gasteiger partial charge is 0.307 e. The highest BCUT2D eigenvalue weighted by molar-refractivity contribution is 5.69. The summed E-state index contributed by atoms with van der Waals surface area (Å²) in [5.74, 6) is 1.23. The van der Waals surface area contributed by atoms with Gasteiger partial charge < -0.3 is 31.9 Å². The van der Waals surface area contributed by atoms with Crippen molar-refractivity contribution >= 4 is 5.97 Å². The quantitative estimate of drug-likeness (QED) is 0.480. The minimum Gasteiger partial charge on any atom is -1.00 e. The second kappa shape index (κ2) is 10.3. The molecule has 0 radical (unpaired) electrons. The van der Waals surface area contributed by atoms with Crippen LogP contribution in [0.2, 0.25) is 0 Å². The van der Waals surface area contributed by atoms with E-state index >= 15 is 0 Å². The second-order valence-electron chi connectivity index (χ2n) is 3.92. The number of carbonyl (C=O) groups is 1. The van der Waals surface area contributed by atoms with Crippen molar-refractivity contribution in [2.24, 2.45) is 0 Å². The van der Waals surface area contributed by atoms with Crippen LogP contribution in [0.1, 0.15) is 18.9 Å². The molecule has 0 unspecified atom stereocenters. The van der Waals surface area contributed by atoms with Gasteiger partial charge in [0.15, 0.2) is 11.5 Å². The number of ether oxygens (including phenoxy) is 3. The van der Waals surface area contributed by atoms with E-state index in [4.69, 9.17) is 14.2 Å². The summed E-state index contributed by atoms with van der Waals surface area (Å²) in [6.45, 7) is 3.48. The molecular formula is C14H21ClNO4-. The van der Waals surface area contributed by atoms with E-state index in [1.165, 1.54) is 0 Å². The molecule has 0 heterocycles. The third-order valence-corrected chi connectivity index (χ3v) is 2.59. The van der Waals surface area contributed by atoms with Gasteiger partial charge in [-0.15, -0.1) is 0 Å². The molecule has 1 rings (SSSR count). The molecule has 1 aromatic carbocycles.